The summed E-state index contributed by atoms with van der Waals surface area (Å²) in [5.41, 5.74) is 1.08. The number of hydrogen-bond donors (Lipinski definition) is 3. The number of rotatable bonds is 7. The molecule has 7 heteroatoms. The van der Waals surface area contributed by atoms with E-state index in [9.17, 15) is 9.59 Å². The molecule has 1 aliphatic heterocycles. The van der Waals surface area contributed by atoms with Gasteiger partial charge in [-0.1, -0.05) is 44.2 Å². The van der Waals surface area contributed by atoms with Crippen molar-refractivity contribution in [1.82, 2.24) is 20.9 Å². The lowest BCUT2D eigenvalue weighted by Crippen LogP contribution is -2.46. The monoisotopic (exact) mass is 373 g/mol. The number of carbonyl (C=O) groups is 2. The molecule has 1 atom stereocenters. The molecular formula is C20H31N5O2. The molecule has 0 bridgehead atoms. The Hall–Kier alpha value is -2.57. The van der Waals surface area contributed by atoms with Crippen LogP contribution in [0.2, 0.25) is 0 Å². The summed E-state index contributed by atoms with van der Waals surface area (Å²) in [4.78, 5) is 30.1. The molecule has 1 aromatic rings. The first-order chi connectivity index (χ1) is 13.0. The number of hydrogen-bond acceptors (Lipinski definition) is 3. The van der Waals surface area contributed by atoms with Crippen molar-refractivity contribution in [2.24, 2.45) is 10.9 Å². The summed E-state index contributed by atoms with van der Waals surface area (Å²) < 4.78 is 0. The Morgan fingerprint density at radius 3 is 2.63 bits per heavy atom. The van der Waals surface area contributed by atoms with E-state index in [1.807, 2.05) is 49.1 Å². The number of nitrogens with zero attached hydrogens (tertiary/aromatic N) is 2. The van der Waals surface area contributed by atoms with Crippen LogP contribution in [0, 0.1) is 5.92 Å². The number of amides is 2. The molecule has 0 saturated carbocycles. The Kier molecular flexibility index (Phi) is 8.10. The Balaban J connectivity index is 1.65. The average molecular weight is 374 g/mol. The van der Waals surface area contributed by atoms with Crippen LogP contribution in [0.1, 0.15) is 32.3 Å². The molecule has 0 aliphatic carbocycles. The van der Waals surface area contributed by atoms with Crippen LogP contribution in [0.3, 0.4) is 0 Å². The standard InChI is InChI=1S/C20H31N5O2/c1-15(2)19(27)25-12-10-17(14-25)24-20(21-3)22-11-9-18(26)23-13-16-7-5-4-6-8-16/h4-8,15,17H,9-14H2,1-3H3,(H,23,26)(H2,21,22,24). The first-order valence-electron chi connectivity index (χ1n) is 9.56. The summed E-state index contributed by atoms with van der Waals surface area (Å²) in [6.45, 7) is 6.35. The van der Waals surface area contributed by atoms with E-state index in [0.29, 0.717) is 32.0 Å². The zero-order valence-electron chi connectivity index (χ0n) is 16.5. The maximum atomic E-state index is 12.1. The molecule has 1 unspecified atom stereocenters. The van der Waals surface area contributed by atoms with Gasteiger partial charge < -0.3 is 20.9 Å². The highest BCUT2D eigenvalue weighted by molar-refractivity contribution is 5.82. The fraction of sp³-hybridized carbons (Fsp3) is 0.550. The van der Waals surface area contributed by atoms with Crippen molar-refractivity contribution < 1.29 is 9.59 Å². The highest BCUT2D eigenvalue weighted by atomic mass is 16.2. The lowest BCUT2D eigenvalue weighted by Gasteiger charge is -2.20. The summed E-state index contributed by atoms with van der Waals surface area (Å²) in [5.74, 6) is 0.874. The van der Waals surface area contributed by atoms with Gasteiger partial charge in [-0.2, -0.15) is 0 Å². The molecule has 1 heterocycles. The maximum absolute atomic E-state index is 12.1. The summed E-state index contributed by atoms with van der Waals surface area (Å²) in [6, 6.07) is 10.0. The number of carbonyl (C=O) groups excluding carboxylic acids is 2. The Bertz CT molecular complexity index is 645. The molecular weight excluding hydrogens is 342 g/mol. The van der Waals surface area contributed by atoms with Crippen LogP contribution in [0.15, 0.2) is 35.3 Å². The van der Waals surface area contributed by atoms with Crippen molar-refractivity contribution in [3.8, 4) is 0 Å². The second-order valence-electron chi connectivity index (χ2n) is 7.08. The molecule has 1 aliphatic rings. The van der Waals surface area contributed by atoms with E-state index in [-0.39, 0.29) is 23.8 Å². The molecule has 1 saturated heterocycles. The third kappa shape index (κ3) is 6.92. The van der Waals surface area contributed by atoms with Gasteiger partial charge in [0, 0.05) is 51.6 Å². The predicted octanol–water partition coefficient (Wildman–Crippen LogP) is 1.11. The smallest absolute Gasteiger partial charge is 0.225 e. The average Bonchev–Trinajstić information content (AvgIpc) is 3.14. The first-order valence-corrected chi connectivity index (χ1v) is 9.56. The lowest BCUT2D eigenvalue weighted by atomic mass is 10.2. The molecule has 2 rings (SSSR count). The van der Waals surface area contributed by atoms with Crippen LogP contribution in [-0.4, -0.2) is 55.4 Å². The minimum atomic E-state index is -0.00335. The van der Waals surface area contributed by atoms with Crippen molar-refractivity contribution >= 4 is 17.8 Å². The Morgan fingerprint density at radius 1 is 1.22 bits per heavy atom. The van der Waals surface area contributed by atoms with E-state index in [2.05, 4.69) is 20.9 Å². The quantitative estimate of drug-likeness (QED) is 0.494. The molecule has 7 nitrogen and oxygen atoms in total. The van der Waals surface area contributed by atoms with Crippen LogP contribution in [0.5, 0.6) is 0 Å². The molecule has 1 fully saturated rings. The molecule has 1 aromatic carbocycles. The van der Waals surface area contributed by atoms with E-state index in [4.69, 9.17) is 0 Å². The van der Waals surface area contributed by atoms with E-state index in [1.54, 1.807) is 7.05 Å². The van der Waals surface area contributed by atoms with Gasteiger partial charge in [0.15, 0.2) is 5.96 Å². The van der Waals surface area contributed by atoms with Crippen molar-refractivity contribution in [2.45, 2.75) is 39.3 Å². The van der Waals surface area contributed by atoms with Gasteiger partial charge in [-0.05, 0) is 12.0 Å². The molecule has 27 heavy (non-hydrogen) atoms. The van der Waals surface area contributed by atoms with Crippen LogP contribution in [-0.2, 0) is 16.1 Å². The number of likely N-dealkylation sites (tertiary alicyclic amines) is 1. The van der Waals surface area contributed by atoms with Gasteiger partial charge in [-0.3, -0.25) is 14.6 Å². The normalized spacial score (nSPS) is 17.1. The Labute approximate surface area is 161 Å². The minimum absolute atomic E-state index is 0.00335. The number of guanidine groups is 1. The van der Waals surface area contributed by atoms with Gasteiger partial charge in [-0.25, -0.2) is 0 Å². The van der Waals surface area contributed by atoms with Gasteiger partial charge in [-0.15, -0.1) is 0 Å². The van der Waals surface area contributed by atoms with Crippen molar-refractivity contribution in [1.29, 1.82) is 0 Å². The number of benzene rings is 1. The lowest BCUT2D eigenvalue weighted by molar-refractivity contribution is -0.133. The minimum Gasteiger partial charge on any atom is -0.356 e. The van der Waals surface area contributed by atoms with Gasteiger partial charge in [0.1, 0.15) is 0 Å². The zero-order chi connectivity index (χ0) is 19.6. The molecule has 2 amide bonds. The molecule has 3 N–H and O–H groups in total. The molecule has 0 radical (unpaired) electrons. The third-order valence-corrected chi connectivity index (χ3v) is 4.54. The van der Waals surface area contributed by atoms with Crippen LogP contribution in [0.25, 0.3) is 0 Å². The summed E-state index contributed by atoms with van der Waals surface area (Å²) >= 11 is 0. The fourth-order valence-corrected chi connectivity index (χ4v) is 3.01. The van der Waals surface area contributed by atoms with Gasteiger partial charge in [0.2, 0.25) is 11.8 Å². The van der Waals surface area contributed by atoms with Crippen LogP contribution >= 0.6 is 0 Å². The van der Waals surface area contributed by atoms with E-state index >= 15 is 0 Å². The number of aliphatic imine (C=N–C) groups is 1. The largest absolute Gasteiger partial charge is 0.356 e. The van der Waals surface area contributed by atoms with E-state index in [1.165, 1.54) is 0 Å². The second kappa shape index (κ2) is 10.5. The van der Waals surface area contributed by atoms with E-state index < -0.39 is 0 Å². The first kappa shape index (κ1) is 20.7. The Morgan fingerprint density at radius 2 is 1.96 bits per heavy atom. The highest BCUT2D eigenvalue weighted by Gasteiger charge is 2.27. The second-order valence-corrected chi connectivity index (χ2v) is 7.08. The highest BCUT2D eigenvalue weighted by Crippen LogP contribution is 2.12. The zero-order valence-corrected chi connectivity index (χ0v) is 16.5. The van der Waals surface area contributed by atoms with Crippen molar-refractivity contribution in [3.63, 3.8) is 0 Å². The third-order valence-electron chi connectivity index (χ3n) is 4.54. The van der Waals surface area contributed by atoms with Gasteiger partial charge in [0.25, 0.3) is 0 Å². The summed E-state index contributed by atoms with van der Waals surface area (Å²) in [5, 5.41) is 9.41. The van der Waals surface area contributed by atoms with Crippen molar-refractivity contribution in [3.05, 3.63) is 35.9 Å². The topological polar surface area (TPSA) is 85.8 Å². The maximum Gasteiger partial charge on any atom is 0.225 e. The van der Waals surface area contributed by atoms with Gasteiger partial charge >= 0.3 is 0 Å². The predicted molar refractivity (Wildman–Crippen MR) is 107 cm³/mol. The molecule has 0 aromatic heterocycles. The number of nitrogens with one attached hydrogen (secondary N) is 3. The summed E-state index contributed by atoms with van der Waals surface area (Å²) in [7, 11) is 1.71. The molecule has 0 spiro atoms. The van der Waals surface area contributed by atoms with E-state index in [0.717, 1.165) is 18.5 Å². The summed E-state index contributed by atoms with van der Waals surface area (Å²) in [6.07, 6.45) is 1.27. The fourth-order valence-electron chi connectivity index (χ4n) is 3.01. The SMILES string of the molecule is CN=C(NCCC(=O)NCc1ccccc1)NC1CCN(C(=O)C(C)C)C1. The molecule has 148 valence electrons. The van der Waals surface area contributed by atoms with Crippen LogP contribution < -0.4 is 16.0 Å². The van der Waals surface area contributed by atoms with Gasteiger partial charge in [0.05, 0.1) is 0 Å². The van der Waals surface area contributed by atoms with Crippen molar-refractivity contribution in [2.75, 3.05) is 26.7 Å². The van der Waals surface area contributed by atoms with Crippen LogP contribution in [0.4, 0.5) is 0 Å².